The maximum absolute atomic E-state index is 5.97. The molecular formula is C14H21BrN4. The Morgan fingerprint density at radius 1 is 1.37 bits per heavy atom. The maximum atomic E-state index is 5.97. The zero-order chi connectivity index (χ0) is 14.0. The average Bonchev–Trinajstić information content (AvgIpc) is 2.80. The van der Waals surface area contributed by atoms with E-state index in [2.05, 4.69) is 63.6 Å². The van der Waals surface area contributed by atoms with Crippen molar-refractivity contribution in [3.8, 4) is 0 Å². The van der Waals surface area contributed by atoms with E-state index >= 15 is 0 Å². The van der Waals surface area contributed by atoms with E-state index in [4.69, 9.17) is 5.73 Å². The van der Waals surface area contributed by atoms with Gasteiger partial charge >= 0.3 is 0 Å². The first kappa shape index (κ1) is 14.2. The van der Waals surface area contributed by atoms with Crippen LogP contribution in [0.3, 0.4) is 0 Å². The van der Waals surface area contributed by atoms with Gasteiger partial charge in [0.1, 0.15) is 0 Å². The molecule has 1 aliphatic rings. The van der Waals surface area contributed by atoms with Crippen LogP contribution in [0.15, 0.2) is 21.6 Å². The number of rotatable bonds is 4. The molecule has 104 valence electrons. The minimum atomic E-state index is 0.617. The third-order valence-corrected chi connectivity index (χ3v) is 4.04. The Kier molecular flexibility index (Phi) is 4.34. The van der Waals surface area contributed by atoms with Gasteiger partial charge in [0, 0.05) is 35.5 Å². The van der Waals surface area contributed by atoms with Crippen LogP contribution in [0.4, 0.5) is 11.4 Å². The molecule has 1 heterocycles. The SMILES string of the molecule is CCN(CC)c1cc(Br)cc(N2CCN=C2N)c1C. The van der Waals surface area contributed by atoms with E-state index < -0.39 is 0 Å². The predicted molar refractivity (Wildman–Crippen MR) is 86.3 cm³/mol. The van der Waals surface area contributed by atoms with Crippen LogP contribution in [0.5, 0.6) is 0 Å². The first-order valence-corrected chi connectivity index (χ1v) is 7.50. The molecule has 0 bridgehead atoms. The van der Waals surface area contributed by atoms with Crippen molar-refractivity contribution < 1.29 is 0 Å². The number of halogens is 1. The Hall–Kier alpha value is -1.23. The molecule has 2 N–H and O–H groups in total. The standard InChI is InChI=1S/C14H21BrN4/c1-4-18(5-2)12-8-11(15)9-13(10(12)3)19-7-6-17-14(19)16/h8-9H,4-7H2,1-3H3,(H2,16,17). The molecule has 4 nitrogen and oxygen atoms in total. The summed E-state index contributed by atoms with van der Waals surface area (Å²) in [5.74, 6) is 0.617. The van der Waals surface area contributed by atoms with Gasteiger partial charge in [-0.25, -0.2) is 0 Å². The predicted octanol–water partition coefficient (Wildman–Crippen LogP) is 2.74. The summed E-state index contributed by atoms with van der Waals surface area (Å²) in [7, 11) is 0. The highest BCUT2D eigenvalue weighted by molar-refractivity contribution is 9.10. The van der Waals surface area contributed by atoms with Crippen LogP contribution in [0, 0.1) is 6.92 Å². The van der Waals surface area contributed by atoms with Crippen LogP contribution in [-0.2, 0) is 0 Å². The first-order chi connectivity index (χ1) is 9.08. The molecule has 1 aromatic rings. The van der Waals surface area contributed by atoms with E-state index in [1.165, 1.54) is 11.3 Å². The van der Waals surface area contributed by atoms with Crippen molar-refractivity contribution in [1.82, 2.24) is 0 Å². The lowest BCUT2D eigenvalue weighted by Gasteiger charge is -2.28. The fourth-order valence-corrected chi connectivity index (χ4v) is 2.97. The molecule has 0 aromatic heterocycles. The molecule has 0 fully saturated rings. The van der Waals surface area contributed by atoms with Crippen molar-refractivity contribution in [2.45, 2.75) is 20.8 Å². The number of benzene rings is 1. The summed E-state index contributed by atoms with van der Waals surface area (Å²) in [6.45, 7) is 10.1. The molecule has 0 aliphatic carbocycles. The highest BCUT2D eigenvalue weighted by Crippen LogP contribution is 2.34. The summed E-state index contributed by atoms with van der Waals surface area (Å²) < 4.78 is 1.08. The zero-order valence-corrected chi connectivity index (χ0v) is 13.4. The van der Waals surface area contributed by atoms with E-state index in [1.54, 1.807) is 0 Å². The number of anilines is 2. The molecule has 0 atom stereocenters. The third-order valence-electron chi connectivity index (χ3n) is 3.59. The van der Waals surface area contributed by atoms with Crippen molar-refractivity contribution in [3.63, 3.8) is 0 Å². The van der Waals surface area contributed by atoms with Crippen molar-refractivity contribution >= 4 is 33.3 Å². The van der Waals surface area contributed by atoms with E-state index in [1.807, 2.05) is 0 Å². The van der Waals surface area contributed by atoms with Crippen molar-refractivity contribution in [3.05, 3.63) is 22.2 Å². The molecular weight excluding hydrogens is 304 g/mol. The number of aliphatic imine (C=N–C) groups is 1. The average molecular weight is 325 g/mol. The summed E-state index contributed by atoms with van der Waals surface area (Å²) >= 11 is 3.61. The van der Waals surface area contributed by atoms with E-state index in [-0.39, 0.29) is 0 Å². The van der Waals surface area contributed by atoms with Gasteiger partial charge < -0.3 is 15.5 Å². The highest BCUT2D eigenvalue weighted by atomic mass is 79.9. The summed E-state index contributed by atoms with van der Waals surface area (Å²) in [4.78, 5) is 8.72. The monoisotopic (exact) mass is 324 g/mol. The number of hydrogen-bond donors (Lipinski definition) is 1. The van der Waals surface area contributed by atoms with Gasteiger partial charge in [-0.1, -0.05) is 15.9 Å². The molecule has 19 heavy (non-hydrogen) atoms. The van der Waals surface area contributed by atoms with Gasteiger partial charge in [-0.3, -0.25) is 4.99 Å². The Bertz CT molecular complexity index is 494. The molecule has 1 aromatic carbocycles. The second-order valence-corrected chi connectivity index (χ2v) is 5.55. The summed E-state index contributed by atoms with van der Waals surface area (Å²) in [6.07, 6.45) is 0. The topological polar surface area (TPSA) is 44.9 Å². The smallest absolute Gasteiger partial charge is 0.195 e. The Balaban J connectivity index is 2.48. The Morgan fingerprint density at radius 3 is 2.58 bits per heavy atom. The number of nitrogens with zero attached hydrogens (tertiary/aromatic N) is 3. The molecule has 2 rings (SSSR count). The molecule has 1 aliphatic heterocycles. The molecule has 0 saturated heterocycles. The van der Waals surface area contributed by atoms with E-state index in [9.17, 15) is 0 Å². The second-order valence-electron chi connectivity index (χ2n) is 4.63. The quantitative estimate of drug-likeness (QED) is 0.926. The van der Waals surface area contributed by atoms with Crippen LogP contribution in [0.25, 0.3) is 0 Å². The number of guanidine groups is 1. The third kappa shape index (κ3) is 2.71. The maximum Gasteiger partial charge on any atom is 0.195 e. The zero-order valence-electron chi connectivity index (χ0n) is 11.8. The van der Waals surface area contributed by atoms with Crippen molar-refractivity contribution in [2.75, 3.05) is 36.0 Å². The molecule has 5 heteroatoms. The van der Waals surface area contributed by atoms with E-state index in [0.717, 1.165) is 36.3 Å². The van der Waals surface area contributed by atoms with E-state index in [0.29, 0.717) is 5.96 Å². The molecule has 0 saturated carbocycles. The summed E-state index contributed by atoms with van der Waals surface area (Å²) in [6, 6.07) is 4.30. The second kappa shape index (κ2) is 5.82. The molecule has 0 unspecified atom stereocenters. The van der Waals surface area contributed by atoms with Crippen LogP contribution in [0.1, 0.15) is 19.4 Å². The van der Waals surface area contributed by atoms with Crippen LogP contribution in [-0.4, -0.2) is 32.1 Å². The fraction of sp³-hybridized carbons (Fsp3) is 0.500. The largest absolute Gasteiger partial charge is 0.372 e. The van der Waals surface area contributed by atoms with Crippen LogP contribution >= 0.6 is 15.9 Å². The lowest BCUT2D eigenvalue weighted by Crippen LogP contribution is -2.34. The minimum Gasteiger partial charge on any atom is -0.372 e. The van der Waals surface area contributed by atoms with Crippen molar-refractivity contribution in [1.29, 1.82) is 0 Å². The number of hydrogen-bond acceptors (Lipinski definition) is 4. The number of nitrogens with two attached hydrogens (primary N) is 1. The van der Waals surface area contributed by atoms with Crippen molar-refractivity contribution in [2.24, 2.45) is 10.7 Å². The van der Waals surface area contributed by atoms with Gasteiger partial charge in [-0.15, -0.1) is 0 Å². The van der Waals surface area contributed by atoms with Crippen LogP contribution < -0.4 is 15.5 Å². The lowest BCUT2D eigenvalue weighted by molar-refractivity contribution is 0.860. The highest BCUT2D eigenvalue weighted by Gasteiger charge is 2.20. The first-order valence-electron chi connectivity index (χ1n) is 6.71. The van der Waals surface area contributed by atoms with Gasteiger partial charge in [-0.2, -0.15) is 0 Å². The fourth-order valence-electron chi connectivity index (χ4n) is 2.53. The van der Waals surface area contributed by atoms with Gasteiger partial charge in [0.2, 0.25) is 0 Å². The summed E-state index contributed by atoms with van der Waals surface area (Å²) in [5, 5.41) is 0. The summed E-state index contributed by atoms with van der Waals surface area (Å²) in [5.41, 5.74) is 9.63. The van der Waals surface area contributed by atoms with Gasteiger partial charge in [0.25, 0.3) is 0 Å². The molecule has 0 spiro atoms. The molecule has 0 radical (unpaired) electrons. The normalized spacial score (nSPS) is 14.7. The van der Waals surface area contributed by atoms with Gasteiger partial charge in [0.15, 0.2) is 5.96 Å². The Morgan fingerprint density at radius 2 is 2.05 bits per heavy atom. The van der Waals surface area contributed by atoms with Gasteiger partial charge in [0.05, 0.1) is 6.54 Å². The van der Waals surface area contributed by atoms with Gasteiger partial charge in [-0.05, 0) is 38.5 Å². The van der Waals surface area contributed by atoms with Crippen LogP contribution in [0.2, 0.25) is 0 Å². The minimum absolute atomic E-state index is 0.617. The Labute approximate surface area is 123 Å². The lowest BCUT2D eigenvalue weighted by atomic mass is 10.1. The molecule has 0 amide bonds.